The van der Waals surface area contributed by atoms with Crippen molar-refractivity contribution in [2.24, 2.45) is 0 Å². The van der Waals surface area contributed by atoms with E-state index in [1.165, 1.54) is 38.1 Å². The maximum absolute atomic E-state index is 12.3. The van der Waals surface area contributed by atoms with Crippen molar-refractivity contribution in [1.82, 2.24) is 4.47 Å². The summed E-state index contributed by atoms with van der Waals surface area (Å²) in [5.74, 6) is -0.154. The van der Waals surface area contributed by atoms with Crippen LogP contribution in [0.15, 0.2) is 64.4 Å². The number of nitrogens with one attached hydrogen (secondary N) is 1. The zero-order valence-electron chi connectivity index (χ0n) is 14.2. The number of carbonyl (C=O) groups is 1. The van der Waals surface area contributed by atoms with Crippen LogP contribution in [0.1, 0.15) is 6.92 Å². The maximum Gasteiger partial charge on any atom is 0.264 e. The van der Waals surface area contributed by atoms with Crippen LogP contribution in [0.4, 0.5) is 5.69 Å². The Morgan fingerprint density at radius 1 is 1.12 bits per heavy atom. The number of anilines is 1. The fourth-order valence-corrected chi connectivity index (χ4v) is 3.82. The summed E-state index contributed by atoms with van der Waals surface area (Å²) in [5.41, 5.74) is 0.532. The molecule has 1 N–H and O–H groups in total. The van der Waals surface area contributed by atoms with Gasteiger partial charge in [0.05, 0.1) is 17.3 Å². The van der Waals surface area contributed by atoms with Crippen LogP contribution in [0, 0.1) is 0 Å². The van der Waals surface area contributed by atoms with Gasteiger partial charge in [0, 0.05) is 17.6 Å². The molecule has 1 unspecified atom stereocenters. The van der Waals surface area contributed by atoms with Gasteiger partial charge in [0.15, 0.2) is 0 Å². The molecule has 6 nitrogen and oxygen atoms in total. The molecule has 0 aliphatic heterocycles. The van der Waals surface area contributed by atoms with E-state index in [9.17, 15) is 13.2 Å². The van der Waals surface area contributed by atoms with E-state index in [1.807, 2.05) is 37.3 Å². The third kappa shape index (κ3) is 5.05. The summed E-state index contributed by atoms with van der Waals surface area (Å²) in [6.45, 7) is 1.82. The van der Waals surface area contributed by atoms with Crippen molar-refractivity contribution in [2.45, 2.75) is 22.0 Å². The molecule has 25 heavy (non-hydrogen) atoms. The number of nitrogens with zero attached hydrogens (tertiary/aromatic N) is 1. The van der Waals surface area contributed by atoms with Gasteiger partial charge >= 0.3 is 0 Å². The molecule has 0 fully saturated rings. The first-order valence-electron chi connectivity index (χ1n) is 7.50. The van der Waals surface area contributed by atoms with Crippen LogP contribution in [0.25, 0.3) is 0 Å². The first kappa shape index (κ1) is 19.5. The minimum absolute atomic E-state index is 0.0848. The van der Waals surface area contributed by atoms with Crippen LogP contribution < -0.4 is 5.32 Å². The lowest BCUT2D eigenvalue weighted by Gasteiger charge is -2.15. The molecule has 0 bridgehead atoms. The number of hydrogen-bond donors (Lipinski definition) is 1. The molecule has 2 aromatic carbocycles. The molecule has 0 spiro atoms. The molecule has 134 valence electrons. The van der Waals surface area contributed by atoms with Gasteiger partial charge in [-0.25, -0.2) is 8.42 Å². The molecule has 0 radical (unpaired) electrons. The first-order valence-corrected chi connectivity index (χ1v) is 9.82. The highest BCUT2D eigenvalue weighted by molar-refractivity contribution is 8.00. The summed E-state index contributed by atoms with van der Waals surface area (Å²) in [4.78, 5) is 18.1. The quantitative estimate of drug-likeness (QED) is 0.590. The summed E-state index contributed by atoms with van der Waals surface area (Å²) in [6, 6.07) is 15.6. The number of thioether (sulfide) groups is 1. The molecule has 0 saturated carbocycles. The molecule has 1 amide bonds. The molecule has 0 saturated heterocycles. The predicted molar refractivity (Wildman–Crippen MR) is 98.8 cm³/mol. The van der Waals surface area contributed by atoms with Gasteiger partial charge in [-0.1, -0.05) is 22.7 Å². The predicted octanol–water partition coefficient (Wildman–Crippen LogP) is 2.99. The monoisotopic (exact) mass is 380 g/mol. The summed E-state index contributed by atoms with van der Waals surface area (Å²) in [7, 11) is -1.11. The molecule has 2 rings (SSSR count). The lowest BCUT2D eigenvalue weighted by molar-refractivity contribution is -0.115. The van der Waals surface area contributed by atoms with Crippen LogP contribution >= 0.6 is 11.8 Å². The van der Waals surface area contributed by atoms with Gasteiger partial charge in [-0.2, -0.15) is 0 Å². The smallest absolute Gasteiger partial charge is 0.264 e. The number of carbonyl (C=O) groups excluding carboxylic acids is 1. The van der Waals surface area contributed by atoms with E-state index in [1.54, 1.807) is 12.1 Å². The average molecular weight is 380 g/mol. The van der Waals surface area contributed by atoms with Crippen molar-refractivity contribution in [3.8, 4) is 0 Å². The third-order valence-electron chi connectivity index (χ3n) is 3.44. The number of amides is 1. The minimum atomic E-state index is -3.70. The van der Waals surface area contributed by atoms with Gasteiger partial charge in [0.2, 0.25) is 5.91 Å². The Morgan fingerprint density at radius 2 is 1.72 bits per heavy atom. The summed E-state index contributed by atoms with van der Waals surface area (Å²) in [5, 5.41) is 2.50. The van der Waals surface area contributed by atoms with E-state index >= 15 is 0 Å². The lowest BCUT2D eigenvalue weighted by atomic mass is 10.3. The van der Waals surface area contributed by atoms with E-state index in [0.717, 1.165) is 9.36 Å². The number of benzene rings is 2. The van der Waals surface area contributed by atoms with E-state index in [2.05, 4.69) is 5.32 Å². The fraction of sp³-hybridized carbons (Fsp3) is 0.235. The van der Waals surface area contributed by atoms with E-state index in [4.69, 9.17) is 4.84 Å². The van der Waals surface area contributed by atoms with Crippen LogP contribution in [-0.4, -0.2) is 38.2 Å². The molecule has 0 aromatic heterocycles. The van der Waals surface area contributed by atoms with Crippen molar-refractivity contribution in [1.29, 1.82) is 0 Å². The fourth-order valence-electron chi connectivity index (χ4n) is 1.96. The molecule has 0 aliphatic carbocycles. The van der Waals surface area contributed by atoms with Crippen molar-refractivity contribution >= 4 is 33.4 Å². The Bertz CT molecular complexity index is 808. The highest BCUT2D eigenvalue weighted by Gasteiger charge is 2.21. The normalized spacial score (nSPS) is 12.8. The van der Waals surface area contributed by atoms with Crippen molar-refractivity contribution in [2.75, 3.05) is 19.5 Å². The SMILES string of the molecule is CON(C)S(=O)(=O)c1ccc(NC(=O)C(C)Sc2ccccc2)cc1. The molecular formula is C17H20N2O4S2. The average Bonchev–Trinajstić information content (AvgIpc) is 2.62. The Morgan fingerprint density at radius 3 is 2.28 bits per heavy atom. The molecule has 2 aromatic rings. The molecule has 1 atom stereocenters. The molecule has 0 aliphatic rings. The van der Waals surface area contributed by atoms with Crippen molar-refractivity contribution in [3.05, 3.63) is 54.6 Å². The topological polar surface area (TPSA) is 75.7 Å². The van der Waals surface area contributed by atoms with Crippen LogP contribution in [0.3, 0.4) is 0 Å². The van der Waals surface area contributed by atoms with Gasteiger partial charge in [-0.3, -0.25) is 9.63 Å². The summed E-state index contributed by atoms with van der Waals surface area (Å²) >= 11 is 1.45. The molecular weight excluding hydrogens is 360 g/mol. The number of hydroxylamine groups is 1. The second-order valence-electron chi connectivity index (χ2n) is 5.18. The van der Waals surface area contributed by atoms with Gasteiger partial charge in [0.1, 0.15) is 0 Å². The first-order chi connectivity index (χ1) is 11.8. The zero-order valence-corrected chi connectivity index (χ0v) is 15.8. The number of rotatable bonds is 7. The molecule has 8 heteroatoms. The Hall–Kier alpha value is -1.87. The Kier molecular flexibility index (Phi) is 6.60. The van der Waals surface area contributed by atoms with E-state index in [0.29, 0.717) is 5.69 Å². The maximum atomic E-state index is 12.3. The van der Waals surface area contributed by atoms with Gasteiger partial charge < -0.3 is 5.32 Å². The Labute approximate surface area is 152 Å². The standard InChI is InChI=1S/C17H20N2O4S2/c1-13(24-15-7-5-4-6-8-15)17(20)18-14-9-11-16(12-10-14)25(21,22)19(2)23-3/h4-13H,1-3H3,(H,18,20). The minimum Gasteiger partial charge on any atom is -0.325 e. The third-order valence-corrected chi connectivity index (χ3v) is 6.25. The second-order valence-corrected chi connectivity index (χ2v) is 8.53. The zero-order chi connectivity index (χ0) is 18.4. The second kappa shape index (κ2) is 8.48. The Balaban J connectivity index is 2.02. The van der Waals surface area contributed by atoms with E-state index < -0.39 is 10.0 Å². The number of sulfonamides is 1. The number of hydrogen-bond acceptors (Lipinski definition) is 5. The molecule has 0 heterocycles. The van der Waals surface area contributed by atoms with E-state index in [-0.39, 0.29) is 16.1 Å². The largest absolute Gasteiger partial charge is 0.325 e. The summed E-state index contributed by atoms with van der Waals surface area (Å²) < 4.78 is 25.0. The van der Waals surface area contributed by atoms with Crippen LogP contribution in [0.5, 0.6) is 0 Å². The lowest BCUT2D eigenvalue weighted by Crippen LogP contribution is -2.26. The van der Waals surface area contributed by atoms with Crippen LogP contribution in [0.2, 0.25) is 0 Å². The van der Waals surface area contributed by atoms with Crippen LogP contribution in [-0.2, 0) is 19.7 Å². The van der Waals surface area contributed by atoms with Gasteiger partial charge in [-0.15, -0.1) is 11.8 Å². The van der Waals surface area contributed by atoms with Crippen molar-refractivity contribution in [3.63, 3.8) is 0 Å². The van der Waals surface area contributed by atoms with Crippen molar-refractivity contribution < 1.29 is 18.0 Å². The summed E-state index contributed by atoms with van der Waals surface area (Å²) in [6.07, 6.45) is 0. The highest BCUT2D eigenvalue weighted by Crippen LogP contribution is 2.24. The van der Waals surface area contributed by atoms with Gasteiger partial charge in [0.25, 0.3) is 10.0 Å². The highest BCUT2D eigenvalue weighted by atomic mass is 32.2. The van der Waals surface area contributed by atoms with Gasteiger partial charge in [-0.05, 0) is 43.3 Å².